The number of hydrogen-bond donors (Lipinski definition) is 3. The number of hydrogen-bond acceptors (Lipinski definition) is 3. The SMILES string of the molecule is CC1(C)[C@@H]2C[C@H]1[C@](O)(CNc1ccccc1)[C@@H](O)C2. The molecular weight excluding hydrogens is 238 g/mol. The van der Waals surface area contributed by atoms with E-state index in [1.54, 1.807) is 0 Å². The number of anilines is 1. The van der Waals surface area contributed by atoms with Gasteiger partial charge in [0.1, 0.15) is 5.60 Å². The highest BCUT2D eigenvalue weighted by Gasteiger charge is 2.64. The zero-order valence-electron chi connectivity index (χ0n) is 11.6. The van der Waals surface area contributed by atoms with Crippen molar-refractivity contribution in [1.29, 1.82) is 0 Å². The van der Waals surface area contributed by atoms with E-state index >= 15 is 0 Å². The fraction of sp³-hybridized carbons (Fsp3) is 0.625. The fourth-order valence-corrected chi connectivity index (χ4v) is 4.01. The van der Waals surface area contributed by atoms with Crippen molar-refractivity contribution in [3.63, 3.8) is 0 Å². The van der Waals surface area contributed by atoms with E-state index in [1.165, 1.54) is 0 Å². The van der Waals surface area contributed by atoms with Gasteiger partial charge in [-0.15, -0.1) is 0 Å². The minimum Gasteiger partial charge on any atom is -0.390 e. The van der Waals surface area contributed by atoms with Gasteiger partial charge in [0.15, 0.2) is 0 Å². The van der Waals surface area contributed by atoms with Crippen LogP contribution in [0.5, 0.6) is 0 Å². The summed E-state index contributed by atoms with van der Waals surface area (Å²) in [6, 6.07) is 9.86. The molecular formula is C16H23NO2. The highest BCUT2D eigenvalue weighted by Crippen LogP contribution is 2.62. The van der Waals surface area contributed by atoms with Crippen LogP contribution >= 0.6 is 0 Å². The van der Waals surface area contributed by atoms with E-state index in [-0.39, 0.29) is 11.3 Å². The van der Waals surface area contributed by atoms with Crippen LogP contribution in [0.3, 0.4) is 0 Å². The van der Waals surface area contributed by atoms with Gasteiger partial charge in [0, 0.05) is 12.2 Å². The molecule has 0 heterocycles. The third kappa shape index (κ3) is 1.87. The van der Waals surface area contributed by atoms with Crippen molar-refractivity contribution in [2.45, 2.75) is 38.4 Å². The van der Waals surface area contributed by atoms with Crippen molar-refractivity contribution >= 4 is 5.69 Å². The first-order valence-electron chi connectivity index (χ1n) is 7.14. The molecule has 3 nitrogen and oxygen atoms in total. The van der Waals surface area contributed by atoms with Gasteiger partial charge in [-0.05, 0) is 42.2 Å². The zero-order valence-corrected chi connectivity index (χ0v) is 11.6. The predicted octanol–water partition coefficient (Wildman–Crippen LogP) is 2.26. The molecule has 3 saturated carbocycles. The first-order chi connectivity index (χ1) is 8.94. The Bertz CT molecular complexity index is 459. The van der Waals surface area contributed by atoms with Crippen molar-refractivity contribution in [3.05, 3.63) is 30.3 Å². The topological polar surface area (TPSA) is 52.5 Å². The summed E-state index contributed by atoms with van der Waals surface area (Å²) in [6.45, 7) is 4.84. The molecule has 0 unspecified atom stereocenters. The molecule has 2 bridgehead atoms. The summed E-state index contributed by atoms with van der Waals surface area (Å²) in [5, 5.41) is 24.4. The van der Waals surface area contributed by atoms with Gasteiger partial charge in [-0.1, -0.05) is 32.0 Å². The second-order valence-corrected chi connectivity index (χ2v) is 6.77. The Balaban J connectivity index is 1.74. The molecule has 0 saturated heterocycles. The van der Waals surface area contributed by atoms with Crippen LogP contribution in [0.2, 0.25) is 0 Å². The van der Waals surface area contributed by atoms with Crippen LogP contribution in [0.1, 0.15) is 26.7 Å². The summed E-state index contributed by atoms with van der Waals surface area (Å²) in [6.07, 6.45) is 1.15. The quantitative estimate of drug-likeness (QED) is 0.782. The molecule has 0 amide bonds. The fourth-order valence-electron chi connectivity index (χ4n) is 4.01. The molecule has 3 aliphatic rings. The Morgan fingerprint density at radius 2 is 1.89 bits per heavy atom. The maximum atomic E-state index is 10.9. The first kappa shape index (κ1) is 12.9. The number of nitrogens with one attached hydrogen (secondary N) is 1. The lowest BCUT2D eigenvalue weighted by Gasteiger charge is -2.65. The highest BCUT2D eigenvalue weighted by atomic mass is 16.3. The Morgan fingerprint density at radius 1 is 1.21 bits per heavy atom. The molecule has 3 N–H and O–H groups in total. The molecule has 0 spiro atoms. The molecule has 1 aromatic rings. The van der Waals surface area contributed by atoms with Crippen LogP contribution in [0.4, 0.5) is 5.69 Å². The van der Waals surface area contributed by atoms with Gasteiger partial charge in [0.25, 0.3) is 0 Å². The number of fused-ring (bicyclic) bond motifs is 2. The molecule has 0 radical (unpaired) electrons. The monoisotopic (exact) mass is 261 g/mol. The molecule has 4 atom stereocenters. The Kier molecular flexibility index (Phi) is 2.88. The van der Waals surface area contributed by atoms with Gasteiger partial charge >= 0.3 is 0 Å². The lowest BCUT2D eigenvalue weighted by molar-refractivity contribution is -0.247. The van der Waals surface area contributed by atoms with Crippen molar-refractivity contribution in [1.82, 2.24) is 0 Å². The number of benzene rings is 1. The lowest BCUT2D eigenvalue weighted by atomic mass is 9.43. The van der Waals surface area contributed by atoms with E-state index in [4.69, 9.17) is 0 Å². The van der Waals surface area contributed by atoms with Crippen LogP contribution in [-0.2, 0) is 0 Å². The second kappa shape index (κ2) is 4.22. The summed E-state index contributed by atoms with van der Waals surface area (Å²) in [4.78, 5) is 0. The van der Waals surface area contributed by atoms with Gasteiger partial charge in [0.2, 0.25) is 0 Å². The molecule has 19 heavy (non-hydrogen) atoms. The van der Waals surface area contributed by atoms with Crippen LogP contribution in [0, 0.1) is 17.3 Å². The molecule has 1 aromatic carbocycles. The second-order valence-electron chi connectivity index (χ2n) is 6.77. The van der Waals surface area contributed by atoms with E-state index in [0.29, 0.717) is 12.5 Å². The maximum Gasteiger partial charge on any atom is 0.111 e. The molecule has 0 aliphatic heterocycles. The third-order valence-corrected chi connectivity index (χ3v) is 5.51. The minimum absolute atomic E-state index is 0.145. The van der Waals surface area contributed by atoms with Crippen LogP contribution in [0.15, 0.2) is 30.3 Å². The minimum atomic E-state index is -1.01. The summed E-state index contributed by atoms with van der Waals surface area (Å²) in [5.74, 6) is 0.745. The molecule has 3 fully saturated rings. The molecule has 3 heteroatoms. The summed E-state index contributed by atoms with van der Waals surface area (Å²) >= 11 is 0. The van der Waals surface area contributed by atoms with Crippen molar-refractivity contribution in [2.75, 3.05) is 11.9 Å². The van der Waals surface area contributed by atoms with Crippen LogP contribution in [-0.4, -0.2) is 28.5 Å². The van der Waals surface area contributed by atoms with Crippen molar-refractivity contribution in [3.8, 4) is 0 Å². The summed E-state index contributed by atoms with van der Waals surface area (Å²) in [7, 11) is 0. The van der Waals surface area contributed by atoms with Gasteiger partial charge in [-0.2, -0.15) is 0 Å². The average molecular weight is 261 g/mol. The Hall–Kier alpha value is -1.06. The number of aliphatic hydroxyl groups excluding tert-OH is 1. The lowest BCUT2D eigenvalue weighted by Crippen LogP contribution is -2.69. The maximum absolute atomic E-state index is 10.9. The van der Waals surface area contributed by atoms with E-state index < -0.39 is 11.7 Å². The van der Waals surface area contributed by atoms with Crippen LogP contribution in [0.25, 0.3) is 0 Å². The van der Waals surface area contributed by atoms with Crippen LogP contribution < -0.4 is 5.32 Å². The largest absolute Gasteiger partial charge is 0.390 e. The first-order valence-corrected chi connectivity index (χ1v) is 7.14. The van der Waals surface area contributed by atoms with Gasteiger partial charge in [-0.3, -0.25) is 0 Å². The van der Waals surface area contributed by atoms with E-state index in [2.05, 4.69) is 19.2 Å². The van der Waals surface area contributed by atoms with Gasteiger partial charge in [-0.25, -0.2) is 0 Å². The van der Waals surface area contributed by atoms with E-state index in [1.807, 2.05) is 30.3 Å². The molecule has 3 aliphatic carbocycles. The number of aliphatic hydroxyl groups is 2. The van der Waals surface area contributed by atoms with Crippen molar-refractivity contribution < 1.29 is 10.2 Å². The average Bonchev–Trinajstić information content (AvgIpc) is 2.40. The standard InChI is InChI=1S/C16H23NO2/c1-15(2)11-8-13(15)16(19,14(18)9-11)10-17-12-6-4-3-5-7-12/h3-7,11,13-14,17-19H,8-10H2,1-2H3/t11-,13-,14+,16-/m1/s1. The summed E-state index contributed by atoms with van der Waals surface area (Å²) in [5.41, 5.74) is 0.128. The summed E-state index contributed by atoms with van der Waals surface area (Å²) < 4.78 is 0. The van der Waals surface area contributed by atoms with Crippen molar-refractivity contribution in [2.24, 2.45) is 17.3 Å². The van der Waals surface area contributed by atoms with E-state index in [0.717, 1.165) is 18.5 Å². The van der Waals surface area contributed by atoms with Gasteiger partial charge < -0.3 is 15.5 Å². The normalized spacial score (nSPS) is 39.5. The molecule has 4 rings (SSSR count). The third-order valence-electron chi connectivity index (χ3n) is 5.51. The predicted molar refractivity (Wildman–Crippen MR) is 75.9 cm³/mol. The smallest absolute Gasteiger partial charge is 0.111 e. The van der Waals surface area contributed by atoms with E-state index in [9.17, 15) is 10.2 Å². The Labute approximate surface area is 114 Å². The molecule has 0 aromatic heterocycles. The number of rotatable bonds is 3. The Morgan fingerprint density at radius 3 is 2.53 bits per heavy atom. The zero-order chi connectivity index (χ0) is 13.7. The van der Waals surface area contributed by atoms with Gasteiger partial charge in [0.05, 0.1) is 6.10 Å². The number of para-hydroxylation sites is 1. The molecule has 104 valence electrons. The highest BCUT2D eigenvalue weighted by molar-refractivity contribution is 5.43.